The van der Waals surface area contributed by atoms with Crippen molar-refractivity contribution in [2.45, 2.75) is 83.2 Å². The highest BCUT2D eigenvalue weighted by molar-refractivity contribution is 6.05. The number of hydrogen-bond donors (Lipinski definition) is 2. The number of nitrogens with one attached hydrogen (secondary N) is 1. The van der Waals surface area contributed by atoms with Crippen LogP contribution >= 0.6 is 0 Å². The van der Waals surface area contributed by atoms with E-state index in [9.17, 15) is 19.5 Å². The molecule has 3 saturated heterocycles. The number of esters is 1. The van der Waals surface area contributed by atoms with Crippen LogP contribution in [0.25, 0.3) is 0 Å². The van der Waals surface area contributed by atoms with E-state index in [1.807, 2.05) is 68.4 Å². The van der Waals surface area contributed by atoms with Crippen LogP contribution in [0, 0.1) is 17.8 Å². The van der Waals surface area contributed by atoms with Crippen LogP contribution in [0.5, 0.6) is 0 Å². The van der Waals surface area contributed by atoms with Gasteiger partial charge in [0, 0.05) is 37.4 Å². The molecule has 280 valence electrons. The Kier molecular flexibility index (Phi) is 12.6. The summed E-state index contributed by atoms with van der Waals surface area (Å²) in [6, 6.07) is 14.5. The van der Waals surface area contributed by atoms with E-state index >= 15 is 4.79 Å². The second-order valence-electron chi connectivity index (χ2n) is 14.2. The molecule has 11 heteroatoms. The van der Waals surface area contributed by atoms with Crippen LogP contribution in [-0.2, 0) is 28.7 Å². The van der Waals surface area contributed by atoms with Crippen LogP contribution in [0.2, 0.25) is 0 Å². The molecule has 0 aliphatic carbocycles. The topological polar surface area (TPSA) is 129 Å². The molecular formula is C41H54N4O7. The van der Waals surface area contributed by atoms with Gasteiger partial charge in [-0.05, 0) is 68.9 Å². The van der Waals surface area contributed by atoms with Gasteiger partial charge in [0.2, 0.25) is 11.8 Å². The Morgan fingerprint density at radius 3 is 2.33 bits per heavy atom. The lowest BCUT2D eigenvalue weighted by Crippen LogP contribution is -2.59. The minimum atomic E-state index is -1.27. The lowest BCUT2D eigenvalue weighted by molar-refractivity contribution is -0.147. The number of carbonyl (C=O) groups excluding carboxylic acids is 4. The Labute approximate surface area is 307 Å². The third-order valence-corrected chi connectivity index (χ3v) is 10.9. The van der Waals surface area contributed by atoms with Crippen LogP contribution in [0.3, 0.4) is 0 Å². The minimum absolute atomic E-state index is 0.0928. The average molecular weight is 715 g/mol. The van der Waals surface area contributed by atoms with Gasteiger partial charge >= 0.3 is 5.97 Å². The largest absolute Gasteiger partial charge is 0.463 e. The molecule has 2 N–H and O–H groups in total. The van der Waals surface area contributed by atoms with Crippen molar-refractivity contribution in [3.8, 4) is 0 Å². The molecule has 3 amide bonds. The maximum Gasteiger partial charge on any atom is 0.306 e. The molecule has 0 aromatic heterocycles. The van der Waals surface area contributed by atoms with Gasteiger partial charge in [-0.2, -0.15) is 0 Å². The van der Waals surface area contributed by atoms with Gasteiger partial charge in [-0.25, -0.2) is 0 Å². The summed E-state index contributed by atoms with van der Waals surface area (Å²) in [7, 11) is 0. The fraction of sp³-hybridized carbons (Fsp3) is 0.512. The summed E-state index contributed by atoms with van der Waals surface area (Å²) >= 11 is 0. The molecule has 2 aromatic carbocycles. The van der Waals surface area contributed by atoms with Gasteiger partial charge in [0.25, 0.3) is 5.91 Å². The van der Waals surface area contributed by atoms with Gasteiger partial charge in [-0.15, -0.1) is 13.2 Å². The van der Waals surface area contributed by atoms with Gasteiger partial charge < -0.3 is 34.6 Å². The lowest BCUT2D eigenvalue weighted by atomic mass is 9.70. The van der Waals surface area contributed by atoms with Gasteiger partial charge in [0.1, 0.15) is 18.2 Å². The number of aliphatic hydroxyl groups excluding tert-OH is 1. The van der Waals surface area contributed by atoms with Crippen molar-refractivity contribution in [1.29, 1.82) is 0 Å². The number of hydrogen-bond acceptors (Lipinski definition) is 8. The van der Waals surface area contributed by atoms with E-state index in [2.05, 4.69) is 37.2 Å². The number of ether oxygens (including phenoxy) is 2. The van der Waals surface area contributed by atoms with Crippen LogP contribution in [0.15, 0.2) is 79.9 Å². The average Bonchev–Trinajstić information content (AvgIpc) is 3.80. The van der Waals surface area contributed by atoms with Crippen LogP contribution < -0.4 is 15.1 Å². The van der Waals surface area contributed by atoms with E-state index < -0.39 is 53.5 Å². The van der Waals surface area contributed by atoms with E-state index in [1.165, 1.54) is 4.90 Å². The van der Waals surface area contributed by atoms with E-state index in [-0.39, 0.29) is 43.9 Å². The molecule has 1 spiro atoms. The summed E-state index contributed by atoms with van der Waals surface area (Å²) in [5.74, 6) is -3.57. The molecule has 0 radical (unpaired) electrons. The van der Waals surface area contributed by atoms with Crippen molar-refractivity contribution in [1.82, 2.24) is 10.2 Å². The number of anilines is 2. The smallest absolute Gasteiger partial charge is 0.306 e. The fourth-order valence-corrected chi connectivity index (χ4v) is 8.32. The van der Waals surface area contributed by atoms with Crippen LogP contribution in [0.1, 0.15) is 65.0 Å². The maximum absolute atomic E-state index is 15.0. The molecule has 0 unspecified atom stereocenters. The summed E-state index contributed by atoms with van der Waals surface area (Å²) in [5.41, 5.74) is 1.14. The first kappa shape index (κ1) is 38.7. The fourth-order valence-electron chi connectivity index (χ4n) is 8.32. The van der Waals surface area contributed by atoms with Crippen molar-refractivity contribution < 1.29 is 33.8 Å². The number of rotatable bonds is 18. The summed E-state index contributed by atoms with van der Waals surface area (Å²) in [5, 5.41) is 13.7. The zero-order valence-electron chi connectivity index (χ0n) is 30.9. The first-order valence-corrected chi connectivity index (χ1v) is 18.6. The molecule has 52 heavy (non-hydrogen) atoms. The number of likely N-dealkylation sites (tertiary alicyclic amines) is 1. The molecule has 3 heterocycles. The Hall–Kier alpha value is -4.48. The van der Waals surface area contributed by atoms with Gasteiger partial charge in [-0.3, -0.25) is 19.2 Å². The summed E-state index contributed by atoms with van der Waals surface area (Å²) in [6.45, 7) is 17.0. The highest BCUT2D eigenvalue weighted by atomic mass is 16.5. The van der Waals surface area contributed by atoms with E-state index in [0.29, 0.717) is 24.9 Å². The zero-order valence-corrected chi connectivity index (χ0v) is 30.9. The Morgan fingerprint density at radius 1 is 1.06 bits per heavy atom. The highest BCUT2D eigenvalue weighted by Crippen LogP contribution is 2.59. The molecule has 0 saturated carbocycles. The summed E-state index contributed by atoms with van der Waals surface area (Å²) in [6.07, 6.45) is 4.24. The van der Waals surface area contributed by atoms with Gasteiger partial charge in [0.05, 0.1) is 36.6 Å². The summed E-state index contributed by atoms with van der Waals surface area (Å²) < 4.78 is 12.3. The summed E-state index contributed by atoms with van der Waals surface area (Å²) in [4.78, 5) is 61.9. The van der Waals surface area contributed by atoms with E-state index in [4.69, 9.17) is 9.47 Å². The standard InChI is InChI=1S/C41H54N4O7/c1-7-11-17-34(47)51-26-31(28-15-13-12-14-16-28)42-38(48)35-33-22-23-41(52-33)36(35)39(49)45(32(25-46)27(5)6)37(41)40(50)44(24-8-2)30-20-18-29(19-21-30)43(9-3)10-4/h7-8,12-16,18-21,27,31-33,35-37,46H,1-2,9-11,17,22-26H2,3-6H3,(H,42,48)/t31-,32+,33-,35+,36+,37-,41+/m1/s1. The van der Waals surface area contributed by atoms with E-state index in [0.717, 1.165) is 24.3 Å². The zero-order chi connectivity index (χ0) is 37.6. The SMILES string of the molecule is C=CCCC(=O)OC[C@@H](NC(=O)[C@@H]1[C@H]2C(=O)N([C@@H](CO)C(C)C)[C@H](C(=O)N(CC=C)c3ccc(N(CC)CC)cc3)[C@]23CC[C@H]1O3)c1ccccc1. The monoisotopic (exact) mass is 714 g/mol. The Balaban J connectivity index is 1.49. The van der Waals surface area contributed by atoms with Crippen molar-refractivity contribution in [3.63, 3.8) is 0 Å². The third kappa shape index (κ3) is 7.39. The van der Waals surface area contributed by atoms with Gasteiger partial charge in [0.15, 0.2) is 0 Å². The Morgan fingerprint density at radius 2 is 1.73 bits per heavy atom. The number of carbonyl (C=O) groups is 4. The van der Waals surface area contributed by atoms with E-state index in [1.54, 1.807) is 17.1 Å². The number of fused-ring (bicyclic) bond motifs is 1. The van der Waals surface area contributed by atoms with Crippen molar-refractivity contribution in [2.75, 3.05) is 42.6 Å². The molecule has 7 atom stereocenters. The first-order valence-electron chi connectivity index (χ1n) is 18.6. The molecule has 2 aromatic rings. The van der Waals surface area contributed by atoms with Crippen molar-refractivity contribution in [3.05, 3.63) is 85.5 Å². The predicted octanol–water partition coefficient (Wildman–Crippen LogP) is 4.81. The predicted molar refractivity (Wildman–Crippen MR) is 200 cm³/mol. The molecule has 5 rings (SSSR count). The number of nitrogens with zero attached hydrogens (tertiary/aromatic N) is 3. The molecule has 11 nitrogen and oxygen atoms in total. The number of benzene rings is 2. The minimum Gasteiger partial charge on any atom is -0.463 e. The third-order valence-electron chi connectivity index (χ3n) is 10.9. The molecular weight excluding hydrogens is 660 g/mol. The lowest BCUT2D eigenvalue weighted by Gasteiger charge is -2.40. The molecule has 3 aliphatic rings. The van der Waals surface area contributed by atoms with Crippen molar-refractivity contribution in [2.24, 2.45) is 17.8 Å². The second-order valence-corrected chi connectivity index (χ2v) is 14.2. The van der Waals surface area contributed by atoms with Crippen molar-refractivity contribution >= 4 is 35.1 Å². The molecule has 3 aliphatic heterocycles. The maximum atomic E-state index is 15.0. The van der Waals surface area contributed by atoms with Gasteiger partial charge in [-0.1, -0.05) is 56.3 Å². The molecule has 3 fully saturated rings. The number of allylic oxidation sites excluding steroid dienone is 1. The number of amides is 3. The normalized spacial score (nSPS) is 24.3. The van der Waals surface area contributed by atoms with Crippen LogP contribution in [-0.4, -0.2) is 90.3 Å². The first-order chi connectivity index (χ1) is 25.1. The van der Waals surface area contributed by atoms with Crippen LogP contribution in [0.4, 0.5) is 11.4 Å². The molecule has 2 bridgehead atoms. The second kappa shape index (κ2) is 16.9. The highest BCUT2D eigenvalue weighted by Gasteiger charge is 2.75. The number of aliphatic hydroxyl groups is 1. The Bertz CT molecular complexity index is 1590. The quantitative estimate of drug-likeness (QED) is 0.166.